The molecule has 33 heavy (non-hydrogen) atoms. The molecule has 0 bridgehead atoms. The van der Waals surface area contributed by atoms with Crippen molar-refractivity contribution in [2.75, 3.05) is 19.5 Å². The van der Waals surface area contributed by atoms with Crippen LogP contribution < -0.4 is 15.8 Å². The lowest BCUT2D eigenvalue weighted by Gasteiger charge is -2.10. The third-order valence-corrected chi connectivity index (χ3v) is 5.73. The van der Waals surface area contributed by atoms with Crippen molar-refractivity contribution in [1.29, 1.82) is 0 Å². The summed E-state index contributed by atoms with van der Waals surface area (Å²) >= 11 is 0. The minimum absolute atomic E-state index is 0.153. The number of carbonyl (C=O) groups excluding carboxylic acids is 1. The number of nitrogens with zero attached hydrogens (tertiary/aromatic N) is 4. The minimum atomic E-state index is -0.192. The molecule has 2 aromatic carbocycles. The summed E-state index contributed by atoms with van der Waals surface area (Å²) in [5.41, 5.74) is 9.91. The normalized spacial score (nSPS) is 15.6. The number of nitrogens with two attached hydrogens (primary N) is 1. The summed E-state index contributed by atoms with van der Waals surface area (Å²) in [6, 6.07) is 15.0. The molecule has 1 saturated heterocycles. The highest BCUT2D eigenvalue weighted by Crippen LogP contribution is 2.34. The van der Waals surface area contributed by atoms with Crippen LogP contribution >= 0.6 is 0 Å². The second-order valence-corrected chi connectivity index (χ2v) is 7.80. The van der Waals surface area contributed by atoms with Gasteiger partial charge in [0.1, 0.15) is 23.6 Å². The average Bonchev–Trinajstić information content (AvgIpc) is 3.51. The quantitative estimate of drug-likeness (QED) is 0.468. The summed E-state index contributed by atoms with van der Waals surface area (Å²) in [5.74, 6) is 0.731. The number of carbonyl (C=O) groups is 1. The van der Waals surface area contributed by atoms with Gasteiger partial charge in [0.25, 0.3) is 5.91 Å². The van der Waals surface area contributed by atoms with Gasteiger partial charge in [0.05, 0.1) is 18.1 Å². The number of hydrogen-bond donors (Lipinski definition) is 2. The average molecular weight is 444 g/mol. The number of anilines is 1. The lowest BCUT2D eigenvalue weighted by atomic mass is 10.1. The number of nitrogen functional groups attached to an aromatic ring is 1. The molecule has 2 aromatic heterocycles. The van der Waals surface area contributed by atoms with Crippen LogP contribution in [0.5, 0.6) is 5.75 Å². The maximum atomic E-state index is 12.6. The van der Waals surface area contributed by atoms with Crippen molar-refractivity contribution < 1.29 is 14.3 Å². The molecule has 0 spiro atoms. The number of rotatable bonds is 6. The van der Waals surface area contributed by atoms with Gasteiger partial charge in [-0.25, -0.2) is 14.6 Å². The molecule has 9 nitrogen and oxygen atoms in total. The molecule has 1 amide bonds. The molecule has 3 heterocycles. The Hall–Kier alpha value is -3.98. The van der Waals surface area contributed by atoms with Crippen LogP contribution in [-0.4, -0.2) is 39.4 Å². The van der Waals surface area contributed by atoms with E-state index in [0.717, 1.165) is 24.0 Å². The van der Waals surface area contributed by atoms with Crippen molar-refractivity contribution in [2.45, 2.75) is 25.6 Å². The van der Waals surface area contributed by atoms with Gasteiger partial charge in [-0.3, -0.25) is 4.79 Å². The van der Waals surface area contributed by atoms with Gasteiger partial charge in [0.2, 0.25) is 0 Å². The van der Waals surface area contributed by atoms with E-state index in [0.29, 0.717) is 47.0 Å². The zero-order chi connectivity index (χ0) is 22.8. The number of hydrogen-bond acceptors (Lipinski definition) is 7. The minimum Gasteiger partial charge on any atom is -0.496 e. The monoisotopic (exact) mass is 444 g/mol. The highest BCUT2D eigenvalue weighted by atomic mass is 16.5. The third kappa shape index (κ3) is 3.98. The molecule has 1 unspecified atom stereocenters. The SMILES string of the molecule is COc1ccccc1C(=O)NCc1ccc(-c2nn(C3CCCO3)c3ncnc(N)c23)cc1. The summed E-state index contributed by atoms with van der Waals surface area (Å²) in [7, 11) is 1.55. The topological polar surface area (TPSA) is 117 Å². The first kappa shape index (κ1) is 20.9. The second kappa shape index (κ2) is 8.87. The zero-order valence-electron chi connectivity index (χ0n) is 18.2. The maximum absolute atomic E-state index is 12.6. The molecule has 1 fully saturated rings. The van der Waals surface area contributed by atoms with E-state index in [2.05, 4.69) is 15.3 Å². The van der Waals surface area contributed by atoms with Gasteiger partial charge in [-0.05, 0) is 30.5 Å². The number of aromatic nitrogens is 4. The number of benzene rings is 2. The molecule has 168 valence electrons. The van der Waals surface area contributed by atoms with E-state index in [4.69, 9.17) is 20.3 Å². The predicted molar refractivity (Wildman–Crippen MR) is 124 cm³/mol. The Balaban J connectivity index is 1.38. The summed E-state index contributed by atoms with van der Waals surface area (Å²) in [6.45, 7) is 1.09. The fourth-order valence-electron chi connectivity index (χ4n) is 4.04. The van der Waals surface area contributed by atoms with Gasteiger partial charge >= 0.3 is 0 Å². The summed E-state index contributed by atoms with van der Waals surface area (Å²) in [6.07, 6.45) is 3.16. The van der Waals surface area contributed by atoms with Gasteiger partial charge in [-0.15, -0.1) is 0 Å². The predicted octanol–water partition coefficient (Wildman–Crippen LogP) is 3.32. The number of amides is 1. The lowest BCUT2D eigenvalue weighted by Crippen LogP contribution is -2.23. The van der Waals surface area contributed by atoms with Crippen molar-refractivity contribution in [1.82, 2.24) is 25.1 Å². The first-order chi connectivity index (χ1) is 16.2. The van der Waals surface area contributed by atoms with Crippen LogP contribution in [0.1, 0.15) is 35.0 Å². The number of fused-ring (bicyclic) bond motifs is 1. The van der Waals surface area contributed by atoms with E-state index in [1.807, 2.05) is 36.4 Å². The Morgan fingerprint density at radius 1 is 1.21 bits per heavy atom. The molecule has 0 aliphatic carbocycles. The van der Waals surface area contributed by atoms with Gasteiger partial charge in [0, 0.05) is 18.7 Å². The zero-order valence-corrected chi connectivity index (χ0v) is 18.2. The van der Waals surface area contributed by atoms with E-state index >= 15 is 0 Å². The Morgan fingerprint density at radius 3 is 2.79 bits per heavy atom. The van der Waals surface area contributed by atoms with Crippen LogP contribution in [0.4, 0.5) is 5.82 Å². The molecule has 1 aliphatic heterocycles. The smallest absolute Gasteiger partial charge is 0.255 e. The van der Waals surface area contributed by atoms with E-state index in [-0.39, 0.29) is 12.1 Å². The van der Waals surface area contributed by atoms with Crippen molar-refractivity contribution in [3.05, 3.63) is 66.0 Å². The first-order valence-electron chi connectivity index (χ1n) is 10.8. The van der Waals surface area contributed by atoms with Crippen LogP contribution in [0.15, 0.2) is 54.9 Å². The largest absolute Gasteiger partial charge is 0.496 e. The van der Waals surface area contributed by atoms with Gasteiger partial charge in [-0.2, -0.15) is 5.10 Å². The van der Waals surface area contributed by atoms with Gasteiger partial charge < -0.3 is 20.5 Å². The van der Waals surface area contributed by atoms with Crippen molar-refractivity contribution in [3.63, 3.8) is 0 Å². The number of ether oxygens (including phenoxy) is 2. The summed E-state index contributed by atoms with van der Waals surface area (Å²) in [5, 5.41) is 8.44. The van der Waals surface area contributed by atoms with Crippen LogP contribution in [0.2, 0.25) is 0 Å². The second-order valence-electron chi connectivity index (χ2n) is 7.80. The highest BCUT2D eigenvalue weighted by Gasteiger charge is 2.25. The Kier molecular flexibility index (Phi) is 5.62. The molecule has 1 atom stereocenters. The van der Waals surface area contributed by atoms with Crippen LogP contribution in [0, 0.1) is 0 Å². The van der Waals surface area contributed by atoms with Crippen molar-refractivity contribution in [2.24, 2.45) is 0 Å². The molecule has 4 aromatic rings. The Bertz CT molecular complexity index is 1300. The lowest BCUT2D eigenvalue weighted by molar-refractivity contribution is 0.0500. The van der Waals surface area contributed by atoms with E-state index in [1.165, 1.54) is 6.33 Å². The first-order valence-corrected chi connectivity index (χ1v) is 10.8. The molecule has 0 radical (unpaired) electrons. The third-order valence-electron chi connectivity index (χ3n) is 5.73. The molecular weight excluding hydrogens is 420 g/mol. The maximum Gasteiger partial charge on any atom is 0.255 e. The van der Waals surface area contributed by atoms with Crippen LogP contribution in [0.3, 0.4) is 0 Å². The molecular formula is C24H24N6O3. The molecule has 3 N–H and O–H groups in total. The van der Waals surface area contributed by atoms with Gasteiger partial charge in [0.15, 0.2) is 11.9 Å². The molecule has 5 rings (SSSR count). The molecule has 0 saturated carbocycles. The van der Waals surface area contributed by atoms with Crippen molar-refractivity contribution >= 4 is 22.8 Å². The summed E-state index contributed by atoms with van der Waals surface area (Å²) < 4.78 is 12.9. The number of methoxy groups -OCH3 is 1. The summed E-state index contributed by atoms with van der Waals surface area (Å²) in [4.78, 5) is 21.1. The van der Waals surface area contributed by atoms with Crippen LogP contribution in [0.25, 0.3) is 22.3 Å². The van der Waals surface area contributed by atoms with Gasteiger partial charge in [-0.1, -0.05) is 36.4 Å². The number of nitrogens with one attached hydrogen (secondary N) is 1. The van der Waals surface area contributed by atoms with Crippen molar-refractivity contribution in [3.8, 4) is 17.0 Å². The molecule has 9 heteroatoms. The fraction of sp³-hybridized carbons (Fsp3) is 0.250. The standard InChI is InChI=1S/C24H24N6O3/c1-32-18-6-3-2-5-17(18)24(31)26-13-15-8-10-16(11-9-15)21-20-22(25)27-14-28-23(20)30(29-21)19-7-4-12-33-19/h2-3,5-6,8-11,14,19H,4,7,12-13H2,1H3,(H,26,31)(H2,25,27,28). The Morgan fingerprint density at radius 2 is 2.03 bits per heavy atom. The van der Waals surface area contributed by atoms with E-state index in [1.54, 1.807) is 23.9 Å². The van der Waals surface area contributed by atoms with E-state index < -0.39 is 0 Å². The highest BCUT2D eigenvalue weighted by molar-refractivity contribution is 5.98. The Labute approximate surface area is 190 Å². The number of para-hydroxylation sites is 1. The fourth-order valence-corrected chi connectivity index (χ4v) is 4.04. The molecule has 1 aliphatic rings. The van der Waals surface area contributed by atoms with Crippen LogP contribution in [-0.2, 0) is 11.3 Å². The van der Waals surface area contributed by atoms with E-state index in [9.17, 15) is 4.79 Å².